The fourth-order valence-corrected chi connectivity index (χ4v) is 2.63. The van der Waals surface area contributed by atoms with Crippen molar-refractivity contribution >= 4 is 21.2 Å². The third-order valence-electron chi connectivity index (χ3n) is 3.21. The summed E-state index contributed by atoms with van der Waals surface area (Å²) in [5, 5.41) is 11.1. The average molecular weight is 284 g/mol. The normalized spacial score (nSPS) is 15.3. The molecule has 6 nitrogen and oxygen atoms in total. The first-order valence-electron chi connectivity index (χ1n) is 5.98. The first kappa shape index (κ1) is 13.8. The monoisotopic (exact) mass is 284 g/mol. The predicted molar refractivity (Wildman–Crippen MR) is 72.2 cm³/mol. The van der Waals surface area contributed by atoms with E-state index in [9.17, 15) is 18.5 Å². The van der Waals surface area contributed by atoms with E-state index in [1.165, 1.54) is 12.1 Å². The maximum atomic E-state index is 11.4. The summed E-state index contributed by atoms with van der Waals surface area (Å²) in [4.78, 5) is 12.4. The number of anilines is 1. The van der Waals surface area contributed by atoms with Crippen LogP contribution in [-0.2, 0) is 9.84 Å². The summed E-state index contributed by atoms with van der Waals surface area (Å²) in [5.41, 5.74) is 0.301. The van der Waals surface area contributed by atoms with E-state index in [0.717, 1.165) is 31.7 Å². The van der Waals surface area contributed by atoms with E-state index in [0.29, 0.717) is 11.6 Å². The summed E-state index contributed by atoms with van der Waals surface area (Å²) in [6, 6.07) is 4.06. The molecule has 1 aliphatic rings. The summed E-state index contributed by atoms with van der Waals surface area (Å²) in [5.74, 6) is 0.596. The van der Waals surface area contributed by atoms with Crippen molar-refractivity contribution in [3.63, 3.8) is 0 Å². The number of hydrogen-bond donors (Lipinski definition) is 0. The van der Waals surface area contributed by atoms with Crippen LogP contribution in [0.25, 0.3) is 0 Å². The Morgan fingerprint density at radius 3 is 2.53 bits per heavy atom. The van der Waals surface area contributed by atoms with E-state index in [1.807, 2.05) is 4.90 Å². The summed E-state index contributed by atoms with van der Waals surface area (Å²) >= 11 is 0. The van der Waals surface area contributed by atoms with Crippen molar-refractivity contribution in [3.8, 4) is 0 Å². The van der Waals surface area contributed by atoms with Crippen molar-refractivity contribution < 1.29 is 13.3 Å². The number of nitrogens with zero attached hydrogens (tertiary/aromatic N) is 2. The van der Waals surface area contributed by atoms with Gasteiger partial charge in [-0.3, -0.25) is 10.1 Å². The van der Waals surface area contributed by atoms with Gasteiger partial charge < -0.3 is 4.90 Å². The van der Waals surface area contributed by atoms with E-state index < -0.39 is 14.8 Å². The molecule has 104 valence electrons. The average Bonchev–Trinajstić information content (AvgIpc) is 3.10. The Kier molecular flexibility index (Phi) is 3.49. The molecule has 0 heterocycles. The zero-order valence-electron chi connectivity index (χ0n) is 10.9. The standard InChI is InChI=1S/C12H16N2O4S/c1-13(8-9-3-4-9)11-6-5-10(19(2,17)18)7-12(11)14(15)16/h5-7,9H,3-4,8H2,1-2H3. The molecule has 0 saturated heterocycles. The van der Waals surface area contributed by atoms with Crippen molar-refractivity contribution in [3.05, 3.63) is 28.3 Å². The Bertz CT molecular complexity index is 608. The fourth-order valence-electron chi connectivity index (χ4n) is 1.99. The minimum atomic E-state index is -3.43. The minimum Gasteiger partial charge on any atom is -0.369 e. The summed E-state index contributed by atoms with van der Waals surface area (Å²) in [6.45, 7) is 0.763. The molecule has 0 atom stereocenters. The van der Waals surface area contributed by atoms with E-state index >= 15 is 0 Å². The predicted octanol–water partition coefficient (Wildman–Crippen LogP) is 1.84. The molecule has 0 unspecified atom stereocenters. The van der Waals surface area contributed by atoms with Crippen molar-refractivity contribution in [1.29, 1.82) is 0 Å². The molecule has 1 saturated carbocycles. The molecule has 7 heteroatoms. The Morgan fingerprint density at radius 1 is 1.42 bits per heavy atom. The van der Waals surface area contributed by atoms with Crippen LogP contribution in [0.5, 0.6) is 0 Å². The van der Waals surface area contributed by atoms with Gasteiger partial charge in [0, 0.05) is 25.9 Å². The summed E-state index contributed by atoms with van der Waals surface area (Å²) < 4.78 is 22.9. The maximum absolute atomic E-state index is 11.4. The lowest BCUT2D eigenvalue weighted by molar-refractivity contribution is -0.384. The van der Waals surface area contributed by atoms with E-state index in [1.54, 1.807) is 7.05 Å². The van der Waals surface area contributed by atoms with E-state index in [2.05, 4.69) is 0 Å². The third-order valence-corrected chi connectivity index (χ3v) is 4.32. The summed E-state index contributed by atoms with van der Waals surface area (Å²) in [7, 11) is -1.64. The van der Waals surface area contributed by atoms with E-state index in [-0.39, 0.29) is 10.6 Å². The second-order valence-corrected chi connectivity index (χ2v) is 7.02. The lowest BCUT2D eigenvalue weighted by Crippen LogP contribution is -2.21. The molecule has 0 spiro atoms. The molecule has 0 radical (unpaired) electrons. The van der Waals surface area contributed by atoms with Gasteiger partial charge in [-0.15, -0.1) is 0 Å². The highest BCUT2D eigenvalue weighted by molar-refractivity contribution is 7.90. The lowest BCUT2D eigenvalue weighted by atomic mass is 10.2. The molecule has 0 bridgehead atoms. The van der Waals surface area contributed by atoms with Crippen LogP contribution in [0.2, 0.25) is 0 Å². The van der Waals surface area contributed by atoms with Crippen LogP contribution in [0.1, 0.15) is 12.8 Å². The number of nitro benzene ring substituents is 1. The largest absolute Gasteiger partial charge is 0.369 e. The van der Waals surface area contributed by atoms with Gasteiger partial charge >= 0.3 is 0 Å². The van der Waals surface area contributed by atoms with Gasteiger partial charge in [0.05, 0.1) is 9.82 Å². The van der Waals surface area contributed by atoms with Crippen molar-refractivity contribution in [2.75, 3.05) is 24.7 Å². The first-order chi connectivity index (χ1) is 8.79. The molecule has 19 heavy (non-hydrogen) atoms. The molecule has 2 rings (SSSR count). The molecule has 0 aromatic heterocycles. The molecule has 1 aromatic rings. The molecule has 0 N–H and O–H groups in total. The summed E-state index contributed by atoms with van der Waals surface area (Å²) in [6.07, 6.45) is 3.35. The molecular formula is C12H16N2O4S. The molecular weight excluding hydrogens is 268 g/mol. The SMILES string of the molecule is CN(CC1CC1)c1ccc(S(C)(=O)=O)cc1[N+](=O)[O-]. The zero-order chi connectivity index (χ0) is 14.2. The molecule has 0 aliphatic heterocycles. The minimum absolute atomic E-state index is 0.0252. The van der Waals surface area contributed by atoms with Crippen LogP contribution in [0, 0.1) is 16.0 Å². The molecule has 0 amide bonds. The van der Waals surface area contributed by atoms with Gasteiger partial charge in [-0.1, -0.05) is 0 Å². The Hall–Kier alpha value is -1.63. The van der Waals surface area contributed by atoms with Gasteiger partial charge in [0.1, 0.15) is 5.69 Å². The number of hydrogen-bond acceptors (Lipinski definition) is 5. The van der Waals surface area contributed by atoms with Gasteiger partial charge in [0.2, 0.25) is 0 Å². The quantitative estimate of drug-likeness (QED) is 0.609. The van der Waals surface area contributed by atoms with Crippen molar-refractivity contribution in [2.45, 2.75) is 17.7 Å². The number of rotatable bonds is 5. The highest BCUT2D eigenvalue weighted by atomic mass is 32.2. The maximum Gasteiger partial charge on any atom is 0.293 e. The molecule has 1 fully saturated rings. The highest BCUT2D eigenvalue weighted by Crippen LogP contribution is 2.34. The molecule has 1 aliphatic carbocycles. The van der Waals surface area contributed by atoms with Gasteiger partial charge in [0.15, 0.2) is 9.84 Å². The van der Waals surface area contributed by atoms with Gasteiger partial charge in [-0.25, -0.2) is 8.42 Å². The van der Waals surface area contributed by atoms with Gasteiger partial charge in [-0.2, -0.15) is 0 Å². The first-order valence-corrected chi connectivity index (χ1v) is 7.88. The van der Waals surface area contributed by atoms with Crippen LogP contribution < -0.4 is 4.90 Å². The lowest BCUT2D eigenvalue weighted by Gasteiger charge is -2.19. The van der Waals surface area contributed by atoms with Gasteiger partial charge in [0.25, 0.3) is 5.69 Å². The van der Waals surface area contributed by atoms with Crippen molar-refractivity contribution in [2.24, 2.45) is 5.92 Å². The van der Waals surface area contributed by atoms with Crippen LogP contribution >= 0.6 is 0 Å². The second-order valence-electron chi connectivity index (χ2n) is 5.00. The fraction of sp³-hybridized carbons (Fsp3) is 0.500. The topological polar surface area (TPSA) is 80.5 Å². The zero-order valence-corrected chi connectivity index (χ0v) is 11.7. The van der Waals surface area contributed by atoms with Crippen molar-refractivity contribution in [1.82, 2.24) is 0 Å². The second kappa shape index (κ2) is 4.80. The van der Waals surface area contributed by atoms with Gasteiger partial charge in [-0.05, 0) is 30.9 Å². The Balaban J connectivity index is 2.40. The number of nitro groups is 1. The van der Waals surface area contributed by atoms with Crippen LogP contribution in [-0.4, -0.2) is 33.2 Å². The third kappa shape index (κ3) is 3.23. The van der Waals surface area contributed by atoms with Crippen LogP contribution in [0.3, 0.4) is 0 Å². The van der Waals surface area contributed by atoms with Crippen LogP contribution in [0.4, 0.5) is 11.4 Å². The highest BCUT2D eigenvalue weighted by Gasteiger charge is 2.26. The smallest absolute Gasteiger partial charge is 0.293 e. The van der Waals surface area contributed by atoms with Crippen LogP contribution in [0.15, 0.2) is 23.1 Å². The Morgan fingerprint density at radius 2 is 2.05 bits per heavy atom. The number of benzene rings is 1. The molecule has 1 aromatic carbocycles. The Labute approximate surface area is 112 Å². The van der Waals surface area contributed by atoms with E-state index in [4.69, 9.17) is 0 Å². The number of sulfone groups is 1.